The first kappa shape index (κ1) is 31.5. The molecule has 1 N–H and O–H groups in total. The van der Waals surface area contributed by atoms with E-state index in [1.165, 1.54) is 0 Å². The number of carbonyl (C=O) groups is 3. The number of hydrogen-bond acceptors (Lipinski definition) is 5. The number of aliphatic hydroxyl groups excluding tert-OH is 1. The summed E-state index contributed by atoms with van der Waals surface area (Å²) in [6.45, 7) is 14.8. The number of likely N-dealkylation sites (tertiary alicyclic amines) is 1. The molecular weight excluding hydrogens is 542 g/mol. The molecule has 0 radical (unpaired) electrons. The van der Waals surface area contributed by atoms with E-state index < -0.39 is 35.1 Å². The van der Waals surface area contributed by atoms with Crippen LogP contribution in [0.5, 0.6) is 0 Å². The van der Waals surface area contributed by atoms with Crippen molar-refractivity contribution in [3.8, 4) is 0 Å². The average Bonchev–Trinajstić information content (AvgIpc) is 3.53. The van der Waals surface area contributed by atoms with Crippen LogP contribution in [0.3, 0.4) is 0 Å². The van der Waals surface area contributed by atoms with Crippen molar-refractivity contribution in [2.24, 2.45) is 17.8 Å². The van der Waals surface area contributed by atoms with Crippen LogP contribution < -0.4 is 0 Å². The smallest absolute Gasteiger partial charge is 0.248 e. The SMILES string of the molecule is C=CCN(CCC)C(=O)[C@H]1[C@H]2C(=O)N([C@H](CO)c3ccccc3)C(C(=O)N(CC=C)C3CCCCC3)C23CC(C)[C@]1(C)O3. The first-order valence-electron chi connectivity index (χ1n) is 16.2. The quantitative estimate of drug-likeness (QED) is 0.362. The maximum Gasteiger partial charge on any atom is 0.248 e. The maximum atomic E-state index is 15.0. The summed E-state index contributed by atoms with van der Waals surface area (Å²) >= 11 is 0. The molecule has 5 rings (SSSR count). The molecule has 43 heavy (non-hydrogen) atoms. The van der Waals surface area contributed by atoms with Crippen LogP contribution in [0, 0.1) is 17.8 Å². The van der Waals surface area contributed by atoms with Crippen molar-refractivity contribution in [3.63, 3.8) is 0 Å². The summed E-state index contributed by atoms with van der Waals surface area (Å²) in [7, 11) is 0. The van der Waals surface area contributed by atoms with E-state index >= 15 is 4.79 Å². The Kier molecular flexibility index (Phi) is 9.19. The van der Waals surface area contributed by atoms with Crippen molar-refractivity contribution in [3.05, 3.63) is 61.2 Å². The van der Waals surface area contributed by atoms with Gasteiger partial charge >= 0.3 is 0 Å². The fourth-order valence-electron chi connectivity index (χ4n) is 8.72. The van der Waals surface area contributed by atoms with Gasteiger partial charge in [-0.3, -0.25) is 14.4 Å². The number of nitrogens with zero attached hydrogens (tertiary/aromatic N) is 3. The van der Waals surface area contributed by atoms with Gasteiger partial charge in [0.05, 0.1) is 30.1 Å². The minimum atomic E-state index is -1.18. The molecule has 7 atom stereocenters. The molecule has 0 aromatic heterocycles. The maximum absolute atomic E-state index is 15.0. The summed E-state index contributed by atoms with van der Waals surface area (Å²) in [5, 5.41) is 10.8. The molecule has 1 spiro atoms. The number of aliphatic hydroxyl groups is 1. The van der Waals surface area contributed by atoms with Gasteiger partial charge in [0.1, 0.15) is 11.6 Å². The number of hydrogen-bond donors (Lipinski definition) is 1. The van der Waals surface area contributed by atoms with Gasteiger partial charge < -0.3 is 24.5 Å². The predicted molar refractivity (Wildman–Crippen MR) is 166 cm³/mol. The summed E-state index contributed by atoms with van der Waals surface area (Å²) in [5.41, 5.74) is -1.33. The minimum absolute atomic E-state index is 0.0487. The van der Waals surface area contributed by atoms with E-state index in [1.807, 2.05) is 49.1 Å². The molecule has 1 aromatic rings. The summed E-state index contributed by atoms with van der Waals surface area (Å²) in [6, 6.07) is 7.72. The van der Waals surface area contributed by atoms with E-state index in [4.69, 9.17) is 4.74 Å². The van der Waals surface area contributed by atoms with Gasteiger partial charge in [-0.2, -0.15) is 0 Å². The lowest BCUT2D eigenvalue weighted by molar-refractivity contribution is -0.159. The second-order valence-corrected chi connectivity index (χ2v) is 13.2. The van der Waals surface area contributed by atoms with E-state index in [0.717, 1.165) is 44.1 Å². The van der Waals surface area contributed by atoms with E-state index in [-0.39, 0.29) is 36.3 Å². The molecule has 1 aromatic carbocycles. The lowest BCUT2D eigenvalue weighted by Crippen LogP contribution is -2.59. The Morgan fingerprint density at radius 2 is 1.79 bits per heavy atom. The second kappa shape index (κ2) is 12.6. The predicted octanol–water partition coefficient (Wildman–Crippen LogP) is 4.50. The lowest BCUT2D eigenvalue weighted by atomic mass is 9.62. The van der Waals surface area contributed by atoms with Gasteiger partial charge in [0.25, 0.3) is 0 Å². The van der Waals surface area contributed by atoms with Crippen molar-refractivity contribution in [1.82, 2.24) is 14.7 Å². The van der Waals surface area contributed by atoms with Crippen LogP contribution in [0.15, 0.2) is 55.6 Å². The van der Waals surface area contributed by atoms with Crippen molar-refractivity contribution in [1.29, 1.82) is 0 Å². The van der Waals surface area contributed by atoms with Gasteiger partial charge in [-0.1, -0.05) is 75.6 Å². The molecule has 3 aliphatic heterocycles. The lowest BCUT2D eigenvalue weighted by Gasteiger charge is -2.42. The summed E-state index contributed by atoms with van der Waals surface area (Å²) in [4.78, 5) is 49.5. The molecule has 3 heterocycles. The Hall–Kier alpha value is -2.97. The zero-order valence-electron chi connectivity index (χ0n) is 26.1. The molecule has 1 saturated carbocycles. The van der Waals surface area contributed by atoms with Crippen molar-refractivity contribution < 1.29 is 24.2 Å². The summed E-state index contributed by atoms with van der Waals surface area (Å²) in [5.74, 6) is -2.20. The fraction of sp³-hybridized carbons (Fsp3) is 0.629. The van der Waals surface area contributed by atoms with Gasteiger partial charge in [-0.25, -0.2) is 0 Å². The largest absolute Gasteiger partial charge is 0.394 e. The van der Waals surface area contributed by atoms with E-state index in [1.54, 1.807) is 22.0 Å². The molecule has 8 nitrogen and oxygen atoms in total. The first-order chi connectivity index (χ1) is 20.7. The molecule has 3 unspecified atom stereocenters. The number of benzene rings is 1. The third kappa shape index (κ3) is 5.04. The first-order valence-corrected chi connectivity index (χ1v) is 16.2. The topological polar surface area (TPSA) is 90.4 Å². The van der Waals surface area contributed by atoms with Crippen LogP contribution in [-0.2, 0) is 19.1 Å². The van der Waals surface area contributed by atoms with Crippen LogP contribution in [0.1, 0.15) is 77.3 Å². The zero-order valence-corrected chi connectivity index (χ0v) is 26.1. The Bertz CT molecular complexity index is 1220. The van der Waals surface area contributed by atoms with Crippen LogP contribution in [0.25, 0.3) is 0 Å². The highest BCUT2D eigenvalue weighted by Gasteiger charge is 2.80. The Balaban J connectivity index is 1.66. The van der Waals surface area contributed by atoms with Crippen LogP contribution in [-0.4, -0.2) is 87.1 Å². The number of fused-ring (bicyclic) bond motifs is 1. The van der Waals surface area contributed by atoms with Gasteiger partial charge in [-0.05, 0) is 44.1 Å². The number of amides is 3. The van der Waals surface area contributed by atoms with Crippen LogP contribution in [0.4, 0.5) is 0 Å². The zero-order chi connectivity index (χ0) is 30.9. The van der Waals surface area contributed by atoms with Crippen molar-refractivity contribution in [2.45, 2.75) is 95.0 Å². The highest BCUT2D eigenvalue weighted by atomic mass is 16.5. The fourth-order valence-corrected chi connectivity index (χ4v) is 8.72. The minimum Gasteiger partial charge on any atom is -0.394 e. The summed E-state index contributed by atoms with van der Waals surface area (Å²) < 4.78 is 7.01. The van der Waals surface area contributed by atoms with E-state index in [0.29, 0.717) is 26.1 Å². The molecule has 3 saturated heterocycles. The number of rotatable bonds is 12. The molecule has 234 valence electrons. The van der Waals surface area contributed by atoms with E-state index in [9.17, 15) is 14.7 Å². The van der Waals surface area contributed by atoms with Crippen LogP contribution in [0.2, 0.25) is 0 Å². The van der Waals surface area contributed by atoms with Gasteiger partial charge in [0, 0.05) is 25.7 Å². The van der Waals surface area contributed by atoms with Crippen molar-refractivity contribution in [2.75, 3.05) is 26.2 Å². The standard InChI is InChI=1S/C35H49N3O5/c1-6-19-36(20-7-2)31(40)28-29-32(41)38(27(23-39)25-15-11-9-12-16-25)30(35(29)22-24(4)34(28,5)43-35)33(42)37(21-8-3)26-17-13-10-14-18-26/h6,8-9,11-12,15-16,24,26-30,39H,1,3,7,10,13-14,17-23H2,2,4-5H3/t24?,27-,28-,29+,30?,34+,35?/m1/s1. The average molecular weight is 592 g/mol. The Morgan fingerprint density at radius 3 is 2.40 bits per heavy atom. The monoisotopic (exact) mass is 591 g/mol. The highest BCUT2D eigenvalue weighted by molar-refractivity contribution is 5.99. The van der Waals surface area contributed by atoms with Gasteiger partial charge in [0.2, 0.25) is 17.7 Å². The normalized spacial score (nSPS) is 32.4. The van der Waals surface area contributed by atoms with E-state index in [2.05, 4.69) is 20.1 Å². The van der Waals surface area contributed by atoms with Crippen molar-refractivity contribution >= 4 is 17.7 Å². The third-order valence-corrected chi connectivity index (χ3v) is 10.7. The highest BCUT2D eigenvalue weighted by Crippen LogP contribution is 2.66. The molecule has 8 heteroatoms. The van der Waals surface area contributed by atoms with Crippen LogP contribution >= 0.6 is 0 Å². The molecule has 3 amide bonds. The van der Waals surface area contributed by atoms with Gasteiger partial charge in [0.15, 0.2) is 0 Å². The molecule has 1 aliphatic carbocycles. The molecule has 4 aliphatic rings. The third-order valence-electron chi connectivity index (χ3n) is 10.7. The number of carbonyl (C=O) groups excluding carboxylic acids is 3. The van der Waals surface area contributed by atoms with Gasteiger partial charge in [-0.15, -0.1) is 13.2 Å². The second-order valence-electron chi connectivity index (χ2n) is 13.2. The Labute approximate surface area is 256 Å². The molecule has 4 fully saturated rings. The number of ether oxygens (including phenoxy) is 1. The summed E-state index contributed by atoms with van der Waals surface area (Å²) in [6.07, 6.45) is 9.79. The molecule has 2 bridgehead atoms. The molecular formula is C35H49N3O5. The Morgan fingerprint density at radius 1 is 1.12 bits per heavy atom.